The Morgan fingerprint density at radius 2 is 1.11 bits per heavy atom. The highest BCUT2D eigenvalue weighted by Gasteiger charge is 2.64. The standard InChI is InChI=1S/C25H28N4O8/c1-5-36-15-9-7-13(11-17(15)34-3)19-25(21(30)28-24(33)29-22(25)31)20(27-23(32)26-19)14-8-10-16(37-6-2)18(12-14)35-4/h7-12,19-20H,5-6H2,1-4H3,(H2,26,27,32)(H2,28,29,30,31,33)/t19-,20-/m0/s1. The Morgan fingerprint density at radius 3 is 1.49 bits per heavy atom. The molecule has 2 aliphatic rings. The molecule has 1 spiro atoms. The molecule has 0 saturated carbocycles. The third-order valence-corrected chi connectivity index (χ3v) is 6.31. The minimum absolute atomic E-state index is 0.342. The molecule has 2 aromatic rings. The molecule has 0 unspecified atom stereocenters. The van der Waals surface area contributed by atoms with Crippen molar-refractivity contribution >= 4 is 23.9 Å². The number of carbonyl (C=O) groups excluding carboxylic acids is 4. The first-order valence-electron chi connectivity index (χ1n) is 11.6. The Balaban J connectivity index is 1.92. The van der Waals surface area contributed by atoms with Crippen LogP contribution < -0.4 is 40.2 Å². The first kappa shape index (κ1) is 25.6. The van der Waals surface area contributed by atoms with Gasteiger partial charge in [0.25, 0.3) is 0 Å². The largest absolute Gasteiger partial charge is 0.493 e. The van der Waals surface area contributed by atoms with Crippen LogP contribution in [0.1, 0.15) is 37.1 Å². The van der Waals surface area contributed by atoms with Crippen LogP contribution in [0, 0.1) is 5.41 Å². The lowest BCUT2D eigenvalue weighted by Crippen LogP contribution is -2.73. The second-order valence-electron chi connectivity index (χ2n) is 8.28. The molecule has 2 saturated heterocycles. The van der Waals surface area contributed by atoms with Crippen LogP contribution in [0.3, 0.4) is 0 Å². The van der Waals surface area contributed by atoms with Crippen molar-refractivity contribution in [2.24, 2.45) is 5.41 Å². The van der Waals surface area contributed by atoms with Crippen molar-refractivity contribution in [3.63, 3.8) is 0 Å². The lowest BCUT2D eigenvalue weighted by atomic mass is 9.65. The molecule has 2 fully saturated rings. The van der Waals surface area contributed by atoms with Gasteiger partial charge >= 0.3 is 12.1 Å². The van der Waals surface area contributed by atoms with Crippen LogP contribution in [0.2, 0.25) is 0 Å². The van der Waals surface area contributed by atoms with E-state index in [1.807, 2.05) is 13.8 Å². The van der Waals surface area contributed by atoms with Crippen LogP contribution >= 0.6 is 0 Å². The molecule has 0 radical (unpaired) electrons. The van der Waals surface area contributed by atoms with Gasteiger partial charge in [-0.05, 0) is 49.2 Å². The number of amides is 6. The number of imide groups is 2. The molecule has 0 aliphatic carbocycles. The predicted octanol–water partition coefficient (Wildman–Crippen LogP) is 1.95. The summed E-state index contributed by atoms with van der Waals surface area (Å²) < 4.78 is 22.0. The van der Waals surface area contributed by atoms with Crippen LogP contribution in [0.15, 0.2) is 36.4 Å². The van der Waals surface area contributed by atoms with Crippen molar-refractivity contribution in [3.8, 4) is 23.0 Å². The van der Waals surface area contributed by atoms with Crippen molar-refractivity contribution in [1.29, 1.82) is 0 Å². The average molecular weight is 513 g/mol. The summed E-state index contributed by atoms with van der Waals surface area (Å²) in [4.78, 5) is 52.2. The van der Waals surface area contributed by atoms with E-state index in [1.54, 1.807) is 36.4 Å². The number of rotatable bonds is 8. The second kappa shape index (κ2) is 10.2. The fourth-order valence-electron chi connectivity index (χ4n) is 4.74. The van der Waals surface area contributed by atoms with Crippen molar-refractivity contribution in [2.45, 2.75) is 25.9 Å². The summed E-state index contributed by atoms with van der Waals surface area (Å²) in [6.45, 7) is 4.41. The quantitative estimate of drug-likeness (QED) is 0.392. The molecule has 2 atom stereocenters. The maximum absolute atomic E-state index is 13.6. The Hall–Kier alpha value is -4.48. The molecule has 12 heteroatoms. The minimum atomic E-state index is -2.02. The van der Waals surface area contributed by atoms with Gasteiger partial charge in [0.15, 0.2) is 28.4 Å². The van der Waals surface area contributed by atoms with Gasteiger partial charge in [0.1, 0.15) is 0 Å². The van der Waals surface area contributed by atoms with Gasteiger partial charge in [0.2, 0.25) is 11.8 Å². The van der Waals surface area contributed by atoms with Crippen LogP contribution in [-0.4, -0.2) is 51.3 Å². The second-order valence-corrected chi connectivity index (χ2v) is 8.28. The first-order valence-corrected chi connectivity index (χ1v) is 11.6. The summed E-state index contributed by atoms with van der Waals surface area (Å²) in [7, 11) is 2.90. The zero-order chi connectivity index (χ0) is 26.7. The van der Waals surface area contributed by atoms with Gasteiger partial charge in [-0.2, -0.15) is 0 Å². The van der Waals surface area contributed by atoms with E-state index < -0.39 is 41.4 Å². The predicted molar refractivity (Wildman–Crippen MR) is 130 cm³/mol. The van der Waals surface area contributed by atoms with Crippen molar-refractivity contribution in [2.75, 3.05) is 27.4 Å². The monoisotopic (exact) mass is 512 g/mol. The average Bonchev–Trinajstić information content (AvgIpc) is 2.88. The zero-order valence-electron chi connectivity index (χ0n) is 20.8. The number of nitrogens with one attached hydrogen (secondary N) is 4. The number of carbonyl (C=O) groups is 4. The van der Waals surface area contributed by atoms with Gasteiger partial charge in [-0.3, -0.25) is 20.2 Å². The molecule has 4 rings (SSSR count). The smallest absolute Gasteiger partial charge is 0.328 e. The summed E-state index contributed by atoms with van der Waals surface area (Å²) in [5.74, 6) is -0.190. The number of barbiturate groups is 1. The van der Waals surface area contributed by atoms with Gasteiger partial charge in [-0.1, -0.05) is 12.1 Å². The molecule has 0 bridgehead atoms. The van der Waals surface area contributed by atoms with Gasteiger partial charge in [-0.15, -0.1) is 0 Å². The van der Waals surface area contributed by atoms with Crippen molar-refractivity contribution in [1.82, 2.24) is 21.3 Å². The number of urea groups is 2. The third-order valence-electron chi connectivity index (χ3n) is 6.31. The molecule has 4 N–H and O–H groups in total. The first-order chi connectivity index (χ1) is 17.8. The lowest BCUT2D eigenvalue weighted by molar-refractivity contribution is -0.150. The lowest BCUT2D eigenvalue weighted by Gasteiger charge is -2.48. The Bertz CT molecular complexity index is 1160. The van der Waals surface area contributed by atoms with Crippen molar-refractivity contribution < 1.29 is 38.1 Å². The molecule has 0 aromatic heterocycles. The Morgan fingerprint density at radius 1 is 0.676 bits per heavy atom. The molecule has 37 heavy (non-hydrogen) atoms. The van der Waals surface area contributed by atoms with Gasteiger partial charge in [-0.25, -0.2) is 9.59 Å². The molecule has 2 aromatic carbocycles. The normalized spacial score (nSPS) is 20.3. The molecular formula is C25H28N4O8. The minimum Gasteiger partial charge on any atom is -0.493 e. The highest BCUT2D eigenvalue weighted by Crippen LogP contribution is 2.50. The van der Waals surface area contributed by atoms with E-state index in [4.69, 9.17) is 18.9 Å². The van der Waals surface area contributed by atoms with E-state index in [1.165, 1.54) is 14.2 Å². The zero-order valence-corrected chi connectivity index (χ0v) is 20.8. The number of hydrogen-bond donors (Lipinski definition) is 4. The summed E-state index contributed by atoms with van der Waals surface area (Å²) in [6, 6.07) is 5.68. The SMILES string of the molecule is CCOc1ccc([C@@H]2NC(=O)N[C@@H](c3ccc(OCC)c(OC)c3)C23C(=O)NC(=O)NC3=O)cc1OC. The fraction of sp³-hybridized carbons (Fsp3) is 0.360. The fourth-order valence-corrected chi connectivity index (χ4v) is 4.74. The van der Waals surface area contributed by atoms with Crippen molar-refractivity contribution in [3.05, 3.63) is 47.5 Å². The van der Waals surface area contributed by atoms with Crippen LogP contribution in [0.4, 0.5) is 9.59 Å². The number of ether oxygens (including phenoxy) is 4. The van der Waals surface area contributed by atoms with Crippen LogP contribution in [0.5, 0.6) is 23.0 Å². The number of benzene rings is 2. The summed E-state index contributed by atoms with van der Waals surface area (Å²) in [5, 5.41) is 9.78. The van der Waals surface area contributed by atoms with E-state index in [0.717, 1.165) is 0 Å². The van der Waals surface area contributed by atoms with E-state index >= 15 is 0 Å². The Labute approximate surface area is 213 Å². The molecular weight excluding hydrogens is 484 g/mol. The molecule has 2 aliphatic heterocycles. The third kappa shape index (κ3) is 4.34. The summed E-state index contributed by atoms with van der Waals surface area (Å²) in [5.41, 5.74) is -1.24. The van der Waals surface area contributed by atoms with E-state index in [-0.39, 0.29) is 0 Å². The topological polar surface area (TPSA) is 153 Å². The molecule has 6 amide bonds. The number of hydrogen-bond acceptors (Lipinski definition) is 8. The maximum Gasteiger partial charge on any atom is 0.328 e. The van der Waals surface area contributed by atoms with Gasteiger partial charge in [0.05, 0.1) is 39.5 Å². The van der Waals surface area contributed by atoms with Gasteiger partial charge in [0, 0.05) is 0 Å². The van der Waals surface area contributed by atoms with E-state index in [0.29, 0.717) is 47.3 Å². The molecule has 12 nitrogen and oxygen atoms in total. The summed E-state index contributed by atoms with van der Waals surface area (Å²) >= 11 is 0. The van der Waals surface area contributed by atoms with Crippen LogP contribution in [-0.2, 0) is 9.59 Å². The maximum atomic E-state index is 13.6. The van der Waals surface area contributed by atoms with E-state index in [9.17, 15) is 19.2 Å². The van der Waals surface area contributed by atoms with E-state index in [2.05, 4.69) is 21.3 Å². The molecule has 196 valence electrons. The number of methoxy groups -OCH3 is 2. The molecule has 2 heterocycles. The Kier molecular flexibility index (Phi) is 7.09. The van der Waals surface area contributed by atoms with Crippen LogP contribution in [0.25, 0.3) is 0 Å². The van der Waals surface area contributed by atoms with Gasteiger partial charge < -0.3 is 29.6 Å². The highest BCUT2D eigenvalue weighted by molar-refractivity contribution is 6.21. The summed E-state index contributed by atoms with van der Waals surface area (Å²) in [6.07, 6.45) is 0. The highest BCUT2D eigenvalue weighted by atomic mass is 16.5.